The highest BCUT2D eigenvalue weighted by atomic mass is 16.6. The first-order valence-electron chi connectivity index (χ1n) is 9.42. The molecule has 0 saturated carbocycles. The zero-order chi connectivity index (χ0) is 19.7. The number of hydrogen-bond donors (Lipinski definition) is 0. The normalized spacial score (nSPS) is 20.9. The van der Waals surface area contributed by atoms with Crippen LogP contribution in [0.4, 0.5) is 15.3 Å². The smallest absolute Gasteiger partial charge is 0.410 e. The number of urea groups is 1. The summed E-state index contributed by atoms with van der Waals surface area (Å²) in [6.07, 6.45) is 0.765. The van der Waals surface area contributed by atoms with Crippen LogP contribution in [0.1, 0.15) is 12.8 Å². The van der Waals surface area contributed by atoms with Crippen molar-refractivity contribution in [3.63, 3.8) is 0 Å². The van der Waals surface area contributed by atoms with Crippen LogP contribution in [0, 0.1) is 0 Å². The van der Waals surface area contributed by atoms with Crippen molar-refractivity contribution in [3.05, 3.63) is 30.3 Å². The van der Waals surface area contributed by atoms with Crippen molar-refractivity contribution < 1.29 is 23.9 Å². The molecule has 0 bridgehead atoms. The van der Waals surface area contributed by atoms with Gasteiger partial charge in [-0.3, -0.25) is 14.5 Å². The zero-order valence-corrected chi connectivity index (χ0v) is 15.5. The predicted octanol–water partition coefficient (Wildman–Crippen LogP) is 0.898. The number of carbonyl (C=O) groups excluding carboxylic acids is 4. The average molecular weight is 386 g/mol. The monoisotopic (exact) mass is 386 g/mol. The number of carbonyl (C=O) groups is 4. The Morgan fingerprint density at radius 1 is 1.04 bits per heavy atom. The number of cyclic esters (lactones) is 1. The van der Waals surface area contributed by atoms with Gasteiger partial charge in [0.15, 0.2) is 0 Å². The molecule has 3 aliphatic rings. The van der Waals surface area contributed by atoms with E-state index in [0.717, 1.165) is 0 Å². The number of rotatable bonds is 4. The van der Waals surface area contributed by atoms with E-state index in [1.807, 2.05) is 6.07 Å². The van der Waals surface area contributed by atoms with Gasteiger partial charge in [0, 0.05) is 19.1 Å². The number of nitrogens with zero attached hydrogens (tertiary/aromatic N) is 4. The highest BCUT2D eigenvalue weighted by molar-refractivity contribution is 6.19. The van der Waals surface area contributed by atoms with Gasteiger partial charge >= 0.3 is 12.1 Å². The highest BCUT2D eigenvalue weighted by Gasteiger charge is 2.42. The molecule has 0 aromatic heterocycles. The maximum Gasteiger partial charge on any atom is 0.410 e. The van der Waals surface area contributed by atoms with Crippen molar-refractivity contribution in [2.45, 2.75) is 18.9 Å². The molecule has 3 saturated heterocycles. The number of para-hydroxylation sites is 1. The zero-order valence-electron chi connectivity index (χ0n) is 15.5. The van der Waals surface area contributed by atoms with Crippen molar-refractivity contribution in [2.24, 2.45) is 0 Å². The van der Waals surface area contributed by atoms with Crippen LogP contribution in [0.5, 0.6) is 0 Å². The second-order valence-corrected chi connectivity index (χ2v) is 7.12. The number of ether oxygens (including phenoxy) is 1. The molecule has 148 valence electrons. The van der Waals surface area contributed by atoms with Crippen LogP contribution in [0.25, 0.3) is 0 Å². The fourth-order valence-electron chi connectivity index (χ4n) is 3.90. The number of hydrogen-bond acceptors (Lipinski definition) is 5. The van der Waals surface area contributed by atoms with Crippen molar-refractivity contribution in [3.8, 4) is 0 Å². The fourth-order valence-corrected chi connectivity index (χ4v) is 3.90. The van der Waals surface area contributed by atoms with Crippen LogP contribution in [0.15, 0.2) is 30.3 Å². The van der Waals surface area contributed by atoms with Gasteiger partial charge in [-0.25, -0.2) is 14.5 Å². The molecule has 1 aromatic rings. The van der Waals surface area contributed by atoms with E-state index in [1.165, 1.54) is 9.80 Å². The van der Waals surface area contributed by atoms with Gasteiger partial charge in [-0.15, -0.1) is 0 Å². The van der Waals surface area contributed by atoms with Gasteiger partial charge in [0.25, 0.3) is 5.91 Å². The third-order valence-corrected chi connectivity index (χ3v) is 5.44. The number of likely N-dealkylation sites (tertiary alicyclic amines) is 1. The Labute approximate surface area is 162 Å². The molecule has 9 nitrogen and oxygen atoms in total. The molecular weight excluding hydrogens is 364 g/mol. The molecule has 0 N–H and O–H groups in total. The summed E-state index contributed by atoms with van der Waals surface area (Å²) in [5, 5.41) is 0. The first-order chi connectivity index (χ1) is 13.5. The topological polar surface area (TPSA) is 90.5 Å². The fraction of sp³-hybridized carbons (Fsp3) is 0.474. The van der Waals surface area contributed by atoms with E-state index in [-0.39, 0.29) is 37.0 Å². The maximum atomic E-state index is 12.8. The minimum atomic E-state index is -0.453. The third kappa shape index (κ3) is 3.39. The Kier molecular flexibility index (Phi) is 4.89. The van der Waals surface area contributed by atoms with Crippen molar-refractivity contribution in [2.75, 3.05) is 44.2 Å². The lowest BCUT2D eigenvalue weighted by Crippen LogP contribution is -2.50. The molecule has 0 atom stereocenters. The van der Waals surface area contributed by atoms with E-state index in [4.69, 9.17) is 4.74 Å². The van der Waals surface area contributed by atoms with Crippen LogP contribution in [-0.2, 0) is 14.3 Å². The van der Waals surface area contributed by atoms with Crippen LogP contribution in [-0.4, -0.2) is 84.0 Å². The molecule has 5 amide bonds. The number of benzene rings is 1. The number of anilines is 1. The van der Waals surface area contributed by atoms with Crippen molar-refractivity contribution in [1.29, 1.82) is 0 Å². The second kappa shape index (κ2) is 7.49. The van der Waals surface area contributed by atoms with Crippen LogP contribution < -0.4 is 4.90 Å². The molecule has 9 heteroatoms. The lowest BCUT2D eigenvalue weighted by molar-refractivity contribution is -0.133. The summed E-state index contributed by atoms with van der Waals surface area (Å²) in [7, 11) is 0. The Morgan fingerprint density at radius 3 is 2.39 bits per heavy atom. The molecule has 28 heavy (non-hydrogen) atoms. The lowest BCUT2D eigenvalue weighted by Gasteiger charge is -2.36. The maximum absolute atomic E-state index is 12.8. The average Bonchev–Trinajstić information content (AvgIpc) is 3.24. The standard InChI is InChI=1S/C19H22N4O5/c24-16(12-21-10-11-28-19(21)27)20-8-6-14(7-9-20)22-13-17(25)23(18(22)26)15-4-2-1-3-5-15/h1-5,14H,6-13H2. The Bertz CT molecular complexity index is 791. The van der Waals surface area contributed by atoms with Gasteiger partial charge in [-0.05, 0) is 25.0 Å². The third-order valence-electron chi connectivity index (χ3n) is 5.44. The largest absolute Gasteiger partial charge is 0.448 e. The minimum Gasteiger partial charge on any atom is -0.448 e. The Balaban J connectivity index is 1.34. The van der Waals surface area contributed by atoms with E-state index in [0.29, 0.717) is 44.8 Å². The molecule has 0 spiro atoms. The molecule has 3 fully saturated rings. The first kappa shape index (κ1) is 18.3. The highest BCUT2D eigenvalue weighted by Crippen LogP contribution is 2.26. The molecular formula is C19H22N4O5. The van der Waals surface area contributed by atoms with Gasteiger partial charge < -0.3 is 14.5 Å². The summed E-state index contributed by atoms with van der Waals surface area (Å²) >= 11 is 0. The summed E-state index contributed by atoms with van der Waals surface area (Å²) < 4.78 is 4.84. The quantitative estimate of drug-likeness (QED) is 0.717. The summed E-state index contributed by atoms with van der Waals surface area (Å²) in [4.78, 5) is 55.0. The number of imide groups is 1. The molecule has 3 heterocycles. The number of piperidine rings is 1. The van der Waals surface area contributed by atoms with E-state index in [2.05, 4.69) is 0 Å². The molecule has 4 rings (SSSR count). The van der Waals surface area contributed by atoms with Gasteiger partial charge in [0.05, 0.1) is 12.2 Å². The van der Waals surface area contributed by atoms with Crippen molar-refractivity contribution >= 4 is 29.6 Å². The van der Waals surface area contributed by atoms with Gasteiger partial charge in [-0.2, -0.15) is 0 Å². The summed E-state index contributed by atoms with van der Waals surface area (Å²) in [5.74, 6) is -0.353. The number of amides is 5. The Hall–Kier alpha value is -3.10. The minimum absolute atomic E-state index is 0.0203. The van der Waals surface area contributed by atoms with Crippen molar-refractivity contribution in [1.82, 2.24) is 14.7 Å². The van der Waals surface area contributed by atoms with E-state index in [9.17, 15) is 19.2 Å². The molecule has 0 unspecified atom stereocenters. The SMILES string of the molecule is O=C(CN1CCOC1=O)N1CCC(N2CC(=O)N(c3ccccc3)C2=O)CC1. The van der Waals surface area contributed by atoms with E-state index < -0.39 is 6.09 Å². The van der Waals surface area contributed by atoms with Crippen LogP contribution in [0.2, 0.25) is 0 Å². The van der Waals surface area contributed by atoms with E-state index >= 15 is 0 Å². The molecule has 0 radical (unpaired) electrons. The Morgan fingerprint density at radius 2 is 1.75 bits per heavy atom. The summed E-state index contributed by atoms with van der Waals surface area (Å²) in [5.41, 5.74) is 0.574. The summed E-state index contributed by atoms with van der Waals surface area (Å²) in [6, 6.07) is 8.51. The van der Waals surface area contributed by atoms with Crippen LogP contribution >= 0.6 is 0 Å². The van der Waals surface area contributed by atoms with Crippen LogP contribution in [0.3, 0.4) is 0 Å². The first-order valence-corrected chi connectivity index (χ1v) is 9.42. The van der Waals surface area contributed by atoms with Gasteiger partial charge in [0.2, 0.25) is 5.91 Å². The van der Waals surface area contributed by atoms with Gasteiger partial charge in [0.1, 0.15) is 19.7 Å². The summed E-state index contributed by atoms with van der Waals surface area (Å²) in [6.45, 7) is 1.82. The predicted molar refractivity (Wildman–Crippen MR) is 98.6 cm³/mol. The molecule has 1 aromatic carbocycles. The second-order valence-electron chi connectivity index (χ2n) is 7.12. The lowest BCUT2D eigenvalue weighted by atomic mass is 10.0. The molecule has 3 aliphatic heterocycles. The van der Waals surface area contributed by atoms with E-state index in [1.54, 1.807) is 34.1 Å². The molecule has 0 aliphatic carbocycles. The van der Waals surface area contributed by atoms with Gasteiger partial charge in [-0.1, -0.05) is 18.2 Å².